The molecule has 0 aromatic heterocycles. The van der Waals surface area contributed by atoms with Gasteiger partial charge in [0.25, 0.3) is 0 Å². The van der Waals surface area contributed by atoms with Gasteiger partial charge in [0.15, 0.2) is 0 Å². The van der Waals surface area contributed by atoms with Gasteiger partial charge in [-0.2, -0.15) is 0 Å². The van der Waals surface area contributed by atoms with Gasteiger partial charge in [0.05, 0.1) is 0 Å². The van der Waals surface area contributed by atoms with Gasteiger partial charge in [-0.25, -0.2) is 4.39 Å². The minimum Gasteiger partial charge on any atom is -0.313 e. The van der Waals surface area contributed by atoms with Crippen molar-refractivity contribution in [1.82, 2.24) is 5.32 Å². The Morgan fingerprint density at radius 1 is 1.05 bits per heavy atom. The lowest BCUT2D eigenvalue weighted by Gasteiger charge is -2.13. The predicted octanol–water partition coefficient (Wildman–Crippen LogP) is 4.26. The van der Waals surface area contributed by atoms with Gasteiger partial charge >= 0.3 is 0 Å². The van der Waals surface area contributed by atoms with E-state index >= 15 is 0 Å². The third kappa shape index (κ3) is 2.36. The summed E-state index contributed by atoms with van der Waals surface area (Å²) in [6.07, 6.45) is 3.50. The van der Waals surface area contributed by atoms with Crippen molar-refractivity contribution in [2.24, 2.45) is 0 Å². The number of fused-ring (bicyclic) bond motifs is 1. The van der Waals surface area contributed by atoms with Crippen molar-refractivity contribution in [2.75, 3.05) is 7.05 Å². The first-order valence-electron chi connectivity index (χ1n) is 7.28. The summed E-state index contributed by atoms with van der Waals surface area (Å²) < 4.78 is 14.2. The molecule has 20 heavy (non-hydrogen) atoms. The summed E-state index contributed by atoms with van der Waals surface area (Å²) in [7, 11) is 1.92. The van der Waals surface area contributed by atoms with Crippen LogP contribution in [0, 0.1) is 5.82 Å². The highest BCUT2D eigenvalue weighted by atomic mass is 19.1. The Morgan fingerprint density at radius 3 is 2.65 bits per heavy atom. The molecule has 1 unspecified atom stereocenters. The maximum Gasteiger partial charge on any atom is 0.131 e. The summed E-state index contributed by atoms with van der Waals surface area (Å²) in [4.78, 5) is 0. The third-order valence-electron chi connectivity index (χ3n) is 4.33. The number of rotatable bonds is 3. The number of hydrogen-bond donors (Lipinski definition) is 1. The standard InChI is InChI=1S/C18H20FN/c1-12(20-2)14-8-9-18(19)17(11-14)16-7-6-13-4-3-5-15(13)10-16/h6-12,20H,3-5H2,1-2H3. The third-order valence-corrected chi connectivity index (χ3v) is 4.33. The Hall–Kier alpha value is -1.67. The molecule has 1 aliphatic carbocycles. The van der Waals surface area contributed by atoms with E-state index in [1.165, 1.54) is 17.5 Å². The zero-order valence-corrected chi connectivity index (χ0v) is 12.0. The number of benzene rings is 2. The predicted molar refractivity (Wildman–Crippen MR) is 81.3 cm³/mol. The smallest absolute Gasteiger partial charge is 0.131 e. The molecule has 1 atom stereocenters. The van der Waals surface area contributed by atoms with Crippen molar-refractivity contribution in [1.29, 1.82) is 0 Å². The van der Waals surface area contributed by atoms with Crippen molar-refractivity contribution < 1.29 is 4.39 Å². The molecule has 0 saturated heterocycles. The molecule has 0 heterocycles. The van der Waals surface area contributed by atoms with Crippen LogP contribution in [0.5, 0.6) is 0 Å². The highest BCUT2D eigenvalue weighted by Crippen LogP contribution is 2.31. The second-order valence-electron chi connectivity index (χ2n) is 5.59. The summed E-state index contributed by atoms with van der Waals surface area (Å²) in [5, 5.41) is 3.20. The van der Waals surface area contributed by atoms with Crippen LogP contribution in [0.4, 0.5) is 4.39 Å². The number of hydrogen-bond acceptors (Lipinski definition) is 1. The van der Waals surface area contributed by atoms with E-state index in [2.05, 4.69) is 30.4 Å². The van der Waals surface area contributed by atoms with Crippen LogP contribution in [0.3, 0.4) is 0 Å². The van der Waals surface area contributed by atoms with Crippen molar-refractivity contribution >= 4 is 0 Å². The first-order chi connectivity index (χ1) is 9.69. The minimum atomic E-state index is -0.144. The molecule has 0 fully saturated rings. The summed E-state index contributed by atoms with van der Waals surface area (Å²) >= 11 is 0. The Morgan fingerprint density at radius 2 is 1.85 bits per heavy atom. The summed E-state index contributed by atoms with van der Waals surface area (Å²) in [5.74, 6) is -0.144. The summed E-state index contributed by atoms with van der Waals surface area (Å²) in [6, 6.07) is 12.0. The van der Waals surface area contributed by atoms with Crippen LogP contribution in [0.15, 0.2) is 36.4 Å². The fourth-order valence-corrected chi connectivity index (χ4v) is 2.94. The van der Waals surface area contributed by atoms with Crippen LogP contribution in [0.1, 0.15) is 36.1 Å². The molecular weight excluding hydrogens is 249 g/mol. The number of nitrogens with one attached hydrogen (secondary N) is 1. The quantitative estimate of drug-likeness (QED) is 0.877. The van der Waals surface area contributed by atoms with E-state index in [4.69, 9.17) is 0 Å². The van der Waals surface area contributed by atoms with Gasteiger partial charge in [0, 0.05) is 11.6 Å². The lowest BCUT2D eigenvalue weighted by atomic mass is 9.97. The Balaban J connectivity index is 2.04. The van der Waals surface area contributed by atoms with Crippen molar-refractivity contribution in [2.45, 2.75) is 32.2 Å². The molecule has 2 aromatic carbocycles. The van der Waals surface area contributed by atoms with Crippen molar-refractivity contribution in [3.8, 4) is 11.1 Å². The molecule has 0 amide bonds. The van der Waals surface area contributed by atoms with Crippen LogP contribution >= 0.6 is 0 Å². The van der Waals surface area contributed by atoms with E-state index in [9.17, 15) is 4.39 Å². The molecular formula is C18H20FN. The highest BCUT2D eigenvalue weighted by molar-refractivity contribution is 5.67. The SMILES string of the molecule is CNC(C)c1ccc(F)c(-c2ccc3c(c2)CCC3)c1. The van der Waals surface area contributed by atoms with Gasteiger partial charge in [-0.3, -0.25) is 0 Å². The van der Waals surface area contributed by atoms with Crippen LogP contribution in [0.2, 0.25) is 0 Å². The fourth-order valence-electron chi connectivity index (χ4n) is 2.94. The molecule has 0 radical (unpaired) electrons. The zero-order chi connectivity index (χ0) is 14.1. The van der Waals surface area contributed by atoms with Crippen molar-refractivity contribution in [3.63, 3.8) is 0 Å². The summed E-state index contributed by atoms with van der Waals surface area (Å²) in [6.45, 7) is 2.08. The van der Waals surface area contributed by atoms with Gasteiger partial charge in [-0.15, -0.1) is 0 Å². The molecule has 104 valence electrons. The van der Waals surface area contributed by atoms with Crippen LogP contribution in [-0.4, -0.2) is 7.05 Å². The summed E-state index contributed by atoms with van der Waals surface area (Å²) in [5.41, 5.74) is 5.62. The van der Waals surface area contributed by atoms with Crippen molar-refractivity contribution in [3.05, 3.63) is 58.9 Å². The molecule has 0 aliphatic heterocycles. The largest absolute Gasteiger partial charge is 0.313 e. The maximum absolute atomic E-state index is 14.2. The molecule has 0 bridgehead atoms. The normalized spacial score (nSPS) is 15.2. The molecule has 1 N–H and O–H groups in total. The second-order valence-corrected chi connectivity index (χ2v) is 5.59. The van der Waals surface area contributed by atoms with Crippen LogP contribution < -0.4 is 5.32 Å². The number of aryl methyl sites for hydroxylation is 2. The van der Waals surface area contributed by atoms with E-state index in [1.54, 1.807) is 6.07 Å². The van der Waals surface area contributed by atoms with E-state index in [1.807, 2.05) is 19.2 Å². The second kappa shape index (κ2) is 5.37. The molecule has 1 nitrogen and oxygen atoms in total. The first kappa shape index (κ1) is 13.3. The number of halogens is 1. The molecule has 2 heteroatoms. The van der Waals surface area contributed by atoms with E-state index in [-0.39, 0.29) is 11.9 Å². The lowest BCUT2D eigenvalue weighted by molar-refractivity contribution is 0.622. The van der Waals surface area contributed by atoms with E-state index in [0.717, 1.165) is 24.0 Å². The Bertz CT molecular complexity index is 633. The lowest BCUT2D eigenvalue weighted by Crippen LogP contribution is -2.12. The Kier molecular flexibility index (Phi) is 3.58. The van der Waals surface area contributed by atoms with E-state index in [0.29, 0.717) is 5.56 Å². The topological polar surface area (TPSA) is 12.0 Å². The molecule has 0 spiro atoms. The molecule has 2 aromatic rings. The zero-order valence-electron chi connectivity index (χ0n) is 12.0. The highest BCUT2D eigenvalue weighted by Gasteiger charge is 2.14. The fraction of sp³-hybridized carbons (Fsp3) is 0.333. The minimum absolute atomic E-state index is 0.144. The van der Waals surface area contributed by atoms with E-state index < -0.39 is 0 Å². The van der Waals surface area contributed by atoms with Crippen LogP contribution in [0.25, 0.3) is 11.1 Å². The van der Waals surface area contributed by atoms with Gasteiger partial charge < -0.3 is 5.32 Å². The first-order valence-corrected chi connectivity index (χ1v) is 7.28. The average Bonchev–Trinajstić information content (AvgIpc) is 2.94. The van der Waals surface area contributed by atoms with Gasteiger partial charge in [-0.05, 0) is 67.6 Å². The van der Waals surface area contributed by atoms with Gasteiger partial charge in [0.2, 0.25) is 0 Å². The molecule has 0 saturated carbocycles. The van der Waals surface area contributed by atoms with Gasteiger partial charge in [0.1, 0.15) is 5.82 Å². The average molecular weight is 269 g/mol. The maximum atomic E-state index is 14.2. The van der Waals surface area contributed by atoms with Crippen LogP contribution in [-0.2, 0) is 12.8 Å². The monoisotopic (exact) mass is 269 g/mol. The Labute approximate surface area is 119 Å². The van der Waals surface area contributed by atoms with Gasteiger partial charge in [-0.1, -0.05) is 24.3 Å². The molecule has 3 rings (SSSR count). The molecule has 1 aliphatic rings.